The van der Waals surface area contributed by atoms with E-state index in [4.69, 9.17) is 0 Å². The topological polar surface area (TPSA) is 8.81 Å². The van der Waals surface area contributed by atoms with Gasteiger partial charge in [-0.05, 0) is 32.1 Å². The predicted octanol–water partition coefficient (Wildman–Crippen LogP) is 15.8. The maximum absolute atomic E-state index is 2.65. The molecule has 0 bridgehead atoms. The molecule has 0 aliphatic heterocycles. The minimum absolute atomic E-state index is 1.23. The Morgan fingerprint density at radius 2 is 0.646 bits per heavy atom. The molecule has 0 N–H and O–H groups in total. The molecule has 0 fully saturated rings. The van der Waals surface area contributed by atoms with E-state index in [0.717, 1.165) is 0 Å². The molecule has 1 aromatic rings. The van der Waals surface area contributed by atoms with Gasteiger partial charge in [-0.25, -0.2) is 9.13 Å². The molecule has 0 aliphatic carbocycles. The van der Waals surface area contributed by atoms with Gasteiger partial charge in [0.15, 0.2) is 0 Å². The number of rotatable bonds is 40. The van der Waals surface area contributed by atoms with Crippen LogP contribution in [-0.4, -0.2) is 4.57 Å². The Morgan fingerprint density at radius 3 is 1.00 bits per heavy atom. The van der Waals surface area contributed by atoms with Gasteiger partial charge >= 0.3 is 0 Å². The number of unbranched alkanes of at least 4 members (excludes halogenated alkanes) is 34. The number of aryl methyl sites for hydroxylation is 2. The Hall–Kier alpha value is -0.790. The molecule has 2 nitrogen and oxygen atoms in total. The van der Waals surface area contributed by atoms with E-state index in [1.54, 1.807) is 5.82 Å². The summed E-state index contributed by atoms with van der Waals surface area (Å²) in [7, 11) is 0. The molecule has 0 unspecified atom stereocenters. The summed E-state index contributed by atoms with van der Waals surface area (Å²) in [5, 5.41) is 0. The maximum atomic E-state index is 2.65. The minimum atomic E-state index is 1.23. The highest BCUT2D eigenvalue weighted by atomic mass is 15.1. The lowest BCUT2D eigenvalue weighted by Gasteiger charge is -2.07. The molecule has 0 atom stereocenters. The molecule has 48 heavy (non-hydrogen) atoms. The average Bonchev–Trinajstić information content (AvgIpc) is 3.48. The minimum Gasteiger partial charge on any atom is -0.234 e. The van der Waals surface area contributed by atoms with Gasteiger partial charge in [-0.1, -0.05) is 226 Å². The van der Waals surface area contributed by atoms with Gasteiger partial charge in [0, 0.05) is 6.42 Å². The highest BCUT2D eigenvalue weighted by molar-refractivity contribution is 4.84. The third-order valence-electron chi connectivity index (χ3n) is 11.1. The Kier molecular flexibility index (Phi) is 35.3. The summed E-state index contributed by atoms with van der Waals surface area (Å²) in [6.45, 7) is 9.41. The molecular weight excluding hydrogens is 581 g/mol. The molecule has 0 aromatic carbocycles. The van der Waals surface area contributed by atoms with Gasteiger partial charge in [-0.15, -0.1) is 0 Å². The molecule has 0 radical (unpaired) electrons. The normalized spacial score (nSPS) is 11.6. The first kappa shape index (κ1) is 45.2. The molecule has 0 aliphatic rings. The Labute approximate surface area is 304 Å². The molecular formula is C46H91N2+. The van der Waals surface area contributed by atoms with E-state index < -0.39 is 0 Å². The fraction of sp³-hybridized carbons (Fsp3) is 0.935. The van der Waals surface area contributed by atoms with Crippen LogP contribution in [0.3, 0.4) is 0 Å². The molecule has 0 saturated carbocycles. The van der Waals surface area contributed by atoms with Crippen LogP contribution in [0.25, 0.3) is 0 Å². The standard InChI is InChI=1S/C46H91N2/c1-4-7-10-13-16-19-21-23-24-25-27-29-31-34-37-40-43-48-45-44-47(42-39-36-33-18-15-12-9-6-3)46(48)41-38-35-32-30-28-26-22-20-17-14-11-8-5-2/h44-45H,4-43H2,1-3H3/q+1. The van der Waals surface area contributed by atoms with Crippen LogP contribution in [0.2, 0.25) is 0 Å². The van der Waals surface area contributed by atoms with Crippen molar-refractivity contribution in [3.8, 4) is 0 Å². The number of nitrogens with zero attached hydrogens (tertiary/aromatic N) is 2. The quantitative estimate of drug-likeness (QED) is 0.0485. The third-order valence-corrected chi connectivity index (χ3v) is 11.1. The number of hydrogen-bond donors (Lipinski definition) is 0. The van der Waals surface area contributed by atoms with Crippen LogP contribution in [0.4, 0.5) is 0 Å². The number of aromatic nitrogens is 2. The monoisotopic (exact) mass is 672 g/mol. The highest BCUT2D eigenvalue weighted by Gasteiger charge is 2.16. The Bertz CT molecular complexity index is 736. The van der Waals surface area contributed by atoms with Gasteiger partial charge in [-0.3, -0.25) is 0 Å². The number of imidazole rings is 1. The summed E-state index contributed by atoms with van der Waals surface area (Å²) in [6.07, 6.45) is 59.3. The summed E-state index contributed by atoms with van der Waals surface area (Å²) < 4.78 is 5.29. The van der Waals surface area contributed by atoms with E-state index >= 15 is 0 Å². The first-order chi connectivity index (χ1) is 23.8. The van der Waals surface area contributed by atoms with E-state index in [1.165, 1.54) is 257 Å². The van der Waals surface area contributed by atoms with Crippen LogP contribution in [0.15, 0.2) is 12.4 Å². The zero-order valence-corrected chi connectivity index (χ0v) is 33.8. The van der Waals surface area contributed by atoms with E-state index in [2.05, 4.69) is 42.3 Å². The average molecular weight is 672 g/mol. The van der Waals surface area contributed by atoms with Crippen molar-refractivity contribution in [2.45, 2.75) is 278 Å². The zero-order chi connectivity index (χ0) is 34.4. The number of hydrogen-bond acceptors (Lipinski definition) is 0. The molecule has 0 amide bonds. The molecule has 0 saturated heterocycles. The maximum Gasteiger partial charge on any atom is 0.256 e. The highest BCUT2D eigenvalue weighted by Crippen LogP contribution is 2.16. The van der Waals surface area contributed by atoms with Gasteiger partial charge in [0.1, 0.15) is 12.4 Å². The Balaban J connectivity index is 2.23. The van der Waals surface area contributed by atoms with Crippen LogP contribution in [0.5, 0.6) is 0 Å². The lowest BCUT2D eigenvalue weighted by Crippen LogP contribution is -2.37. The van der Waals surface area contributed by atoms with E-state index in [1.807, 2.05) is 0 Å². The third kappa shape index (κ3) is 29.0. The SMILES string of the molecule is CCCCCCCCCCCCCCCCCCn1cc[n+](CCCCCCCCCC)c1CCCCCCCCCCCCCCC. The molecule has 284 valence electrons. The largest absolute Gasteiger partial charge is 0.256 e. The molecule has 1 heterocycles. The van der Waals surface area contributed by atoms with Crippen LogP contribution in [0, 0.1) is 0 Å². The molecule has 1 rings (SSSR count). The predicted molar refractivity (Wildman–Crippen MR) is 216 cm³/mol. The fourth-order valence-electron chi connectivity index (χ4n) is 7.74. The van der Waals surface area contributed by atoms with Gasteiger partial charge in [0.05, 0.1) is 13.1 Å². The first-order valence-electron chi connectivity index (χ1n) is 22.9. The summed E-state index contributed by atoms with van der Waals surface area (Å²) in [5.41, 5.74) is 0. The van der Waals surface area contributed by atoms with Crippen molar-refractivity contribution in [1.29, 1.82) is 0 Å². The van der Waals surface area contributed by atoms with E-state index in [9.17, 15) is 0 Å². The molecule has 0 spiro atoms. The summed E-state index contributed by atoms with van der Waals surface area (Å²) in [4.78, 5) is 0. The van der Waals surface area contributed by atoms with Crippen molar-refractivity contribution in [2.75, 3.05) is 0 Å². The van der Waals surface area contributed by atoms with Crippen molar-refractivity contribution < 1.29 is 4.57 Å². The fourth-order valence-corrected chi connectivity index (χ4v) is 7.74. The van der Waals surface area contributed by atoms with Gasteiger partial charge in [0.2, 0.25) is 0 Å². The second kappa shape index (κ2) is 37.5. The van der Waals surface area contributed by atoms with Crippen molar-refractivity contribution >= 4 is 0 Å². The van der Waals surface area contributed by atoms with Crippen LogP contribution in [0.1, 0.15) is 264 Å². The molecule has 1 aromatic heterocycles. The lowest BCUT2D eigenvalue weighted by atomic mass is 10.0. The van der Waals surface area contributed by atoms with Crippen molar-refractivity contribution in [1.82, 2.24) is 4.57 Å². The van der Waals surface area contributed by atoms with E-state index in [0.29, 0.717) is 0 Å². The van der Waals surface area contributed by atoms with Gasteiger partial charge in [0.25, 0.3) is 5.82 Å². The van der Waals surface area contributed by atoms with Crippen LogP contribution in [-0.2, 0) is 19.5 Å². The zero-order valence-electron chi connectivity index (χ0n) is 33.8. The van der Waals surface area contributed by atoms with Crippen LogP contribution >= 0.6 is 0 Å². The summed E-state index contributed by atoms with van der Waals surface area (Å²) in [6, 6.07) is 0. The van der Waals surface area contributed by atoms with Crippen LogP contribution < -0.4 is 4.57 Å². The smallest absolute Gasteiger partial charge is 0.234 e. The van der Waals surface area contributed by atoms with Crippen molar-refractivity contribution in [3.05, 3.63) is 18.2 Å². The molecule has 2 heteroatoms. The van der Waals surface area contributed by atoms with Gasteiger partial charge < -0.3 is 0 Å². The Morgan fingerprint density at radius 1 is 0.354 bits per heavy atom. The summed E-state index contributed by atoms with van der Waals surface area (Å²) in [5.74, 6) is 1.63. The van der Waals surface area contributed by atoms with E-state index in [-0.39, 0.29) is 0 Å². The van der Waals surface area contributed by atoms with Gasteiger partial charge in [-0.2, -0.15) is 0 Å². The van der Waals surface area contributed by atoms with Crippen molar-refractivity contribution in [2.24, 2.45) is 0 Å². The van der Waals surface area contributed by atoms with Crippen molar-refractivity contribution in [3.63, 3.8) is 0 Å². The second-order valence-electron chi connectivity index (χ2n) is 15.9. The summed E-state index contributed by atoms with van der Waals surface area (Å²) >= 11 is 0. The lowest BCUT2D eigenvalue weighted by molar-refractivity contribution is -0.704. The second-order valence-corrected chi connectivity index (χ2v) is 15.9. The first-order valence-corrected chi connectivity index (χ1v) is 22.9.